The van der Waals surface area contributed by atoms with Crippen molar-refractivity contribution in [3.8, 4) is 0 Å². The van der Waals surface area contributed by atoms with Crippen molar-refractivity contribution in [2.75, 3.05) is 19.6 Å². The van der Waals surface area contributed by atoms with Gasteiger partial charge < -0.3 is 24.0 Å². The van der Waals surface area contributed by atoms with Gasteiger partial charge in [-0.2, -0.15) is 0 Å². The summed E-state index contributed by atoms with van der Waals surface area (Å²) in [7, 11) is 0. The molecular formula is C82H89BN4O. The zero-order valence-corrected chi connectivity index (χ0v) is 55.4. The Hall–Kier alpha value is -7.96. The van der Waals surface area contributed by atoms with Gasteiger partial charge in [-0.05, 0) is 188 Å². The molecule has 1 aliphatic carbocycles. The molecule has 1 aromatic heterocycles. The summed E-state index contributed by atoms with van der Waals surface area (Å²) < 4.78 is 6.89. The van der Waals surface area contributed by atoms with Gasteiger partial charge >= 0.3 is 0 Å². The monoisotopic (exact) mass is 1160 g/mol. The van der Waals surface area contributed by atoms with Gasteiger partial charge in [-0.3, -0.25) is 0 Å². The number of anilines is 11. The van der Waals surface area contributed by atoms with Crippen molar-refractivity contribution in [2.45, 2.75) is 181 Å². The zero-order chi connectivity index (χ0) is 62.0. The molecule has 446 valence electrons. The van der Waals surface area contributed by atoms with Crippen LogP contribution < -0.4 is 36.0 Å². The van der Waals surface area contributed by atoms with Crippen LogP contribution in [0.15, 0.2) is 186 Å². The fourth-order valence-corrected chi connectivity index (χ4v) is 15.5. The first-order valence-corrected chi connectivity index (χ1v) is 32.6. The van der Waals surface area contributed by atoms with Gasteiger partial charge in [0.1, 0.15) is 11.2 Å². The molecule has 0 amide bonds. The Morgan fingerprint density at radius 2 is 0.852 bits per heavy atom. The van der Waals surface area contributed by atoms with E-state index in [1.165, 1.54) is 79.7 Å². The number of fused-ring (bicyclic) bond motifs is 10. The summed E-state index contributed by atoms with van der Waals surface area (Å²) in [5.41, 5.74) is 26.4. The second-order valence-electron chi connectivity index (χ2n) is 31.9. The SMILES string of the molecule is CC(C)(C)c1ccc(N(c2ccc(C(C)(C)C)cc2)c2ccc3c(c2)N(c2ccc4c(c2)oc2ccccc24)c2cc(N(c4ccc(C(C)(C)C)cc4)c4ccc(C(C)(C)C)cc4)cc4c2B3c2cc(C(C)(C)C)cc3c2N4C2(C)CCCCC32C)cc1. The van der Waals surface area contributed by atoms with Crippen LogP contribution in [0.25, 0.3) is 21.9 Å². The lowest BCUT2D eigenvalue weighted by Gasteiger charge is -2.53. The van der Waals surface area contributed by atoms with Crippen molar-refractivity contribution in [3.63, 3.8) is 0 Å². The van der Waals surface area contributed by atoms with Crippen molar-refractivity contribution in [2.24, 2.45) is 0 Å². The number of rotatable bonds is 7. The Morgan fingerprint density at radius 3 is 1.38 bits per heavy atom. The van der Waals surface area contributed by atoms with Crippen LogP contribution in [0.2, 0.25) is 0 Å². The summed E-state index contributed by atoms with van der Waals surface area (Å²) in [6.45, 7) is 40.1. The van der Waals surface area contributed by atoms with Gasteiger partial charge in [0.05, 0.1) is 11.2 Å². The molecule has 0 saturated heterocycles. The maximum atomic E-state index is 6.89. The molecule has 2 unspecified atom stereocenters. The standard InChI is InChI=1S/C82H89BN4O/c1-76(2,3)52-24-32-57(33-25-52)84(58-34-26-53(27-35-58)77(4,5)6)61-41-43-67-69(48-61)86(62-40-42-65-64-22-18-19-23-72(64)88-73(65)51-62)70-49-63(85(59-36-28-54(29-37-59)78(7,8)9)60-38-30-55(31-39-60)79(10,11)12)50-71-74(70)83(67)68-47-56(80(13,14)15)46-66-75(68)87(71)82(17)45-21-20-44-81(66,82)16/h18-19,22-43,46-51H,20-21,44-45H2,1-17H3. The second-order valence-corrected chi connectivity index (χ2v) is 31.9. The smallest absolute Gasteiger partial charge is 0.252 e. The predicted octanol–water partition coefficient (Wildman–Crippen LogP) is 21.4. The molecule has 6 heteroatoms. The van der Waals surface area contributed by atoms with Crippen LogP contribution in [0.5, 0.6) is 0 Å². The van der Waals surface area contributed by atoms with Gasteiger partial charge in [-0.15, -0.1) is 0 Å². The van der Waals surface area contributed by atoms with Gasteiger partial charge in [-0.25, -0.2) is 0 Å². The van der Waals surface area contributed by atoms with Crippen molar-refractivity contribution >= 4 is 108 Å². The number of nitrogens with zero attached hydrogens (tertiary/aromatic N) is 4. The normalized spacial score (nSPS) is 18.1. The first kappa shape index (κ1) is 57.8. The fraction of sp³-hybridized carbons (Fsp3) is 0.341. The highest BCUT2D eigenvalue weighted by Crippen LogP contribution is 2.63. The molecule has 4 aliphatic rings. The lowest BCUT2D eigenvalue weighted by Crippen LogP contribution is -2.64. The van der Waals surface area contributed by atoms with Crippen LogP contribution in [-0.2, 0) is 32.5 Å². The molecular weight excluding hydrogens is 1070 g/mol. The molecule has 9 aromatic carbocycles. The minimum atomic E-state index is -0.197. The summed E-state index contributed by atoms with van der Waals surface area (Å²) >= 11 is 0. The first-order chi connectivity index (χ1) is 41.5. The molecule has 3 aliphatic heterocycles. The molecule has 0 bridgehead atoms. The Bertz CT molecular complexity index is 4270. The third-order valence-corrected chi connectivity index (χ3v) is 21.0. The lowest BCUT2D eigenvalue weighted by molar-refractivity contribution is 0.195. The highest BCUT2D eigenvalue weighted by molar-refractivity contribution is 7.00. The summed E-state index contributed by atoms with van der Waals surface area (Å²) in [5, 5.41) is 2.24. The summed E-state index contributed by atoms with van der Waals surface area (Å²) in [6.07, 6.45) is 4.66. The molecule has 0 radical (unpaired) electrons. The average Bonchev–Trinajstić information content (AvgIpc) is 1.45. The third kappa shape index (κ3) is 9.15. The minimum absolute atomic E-state index is 0.00405. The van der Waals surface area contributed by atoms with Crippen molar-refractivity contribution in [3.05, 3.63) is 215 Å². The molecule has 1 fully saturated rings. The Balaban J connectivity index is 1.10. The number of furan rings is 1. The van der Waals surface area contributed by atoms with Crippen LogP contribution in [0, 0.1) is 0 Å². The highest BCUT2D eigenvalue weighted by Gasteiger charge is 2.62. The molecule has 4 heterocycles. The van der Waals surface area contributed by atoms with Gasteiger partial charge in [0.25, 0.3) is 6.71 Å². The van der Waals surface area contributed by atoms with E-state index in [-0.39, 0.29) is 44.7 Å². The maximum absolute atomic E-state index is 6.89. The summed E-state index contributed by atoms with van der Waals surface area (Å²) in [6, 6.07) is 70.7. The number of hydrogen-bond acceptors (Lipinski definition) is 5. The van der Waals surface area contributed by atoms with Gasteiger partial charge in [0, 0.05) is 79.1 Å². The summed E-state index contributed by atoms with van der Waals surface area (Å²) in [4.78, 5) is 10.5. The van der Waals surface area contributed by atoms with Gasteiger partial charge in [0.15, 0.2) is 0 Å². The molecule has 88 heavy (non-hydrogen) atoms. The van der Waals surface area contributed by atoms with E-state index in [1.54, 1.807) is 0 Å². The Labute approximate surface area is 525 Å². The number of benzene rings is 9. The van der Waals surface area contributed by atoms with Crippen molar-refractivity contribution in [1.82, 2.24) is 0 Å². The van der Waals surface area contributed by atoms with E-state index in [0.29, 0.717) is 0 Å². The van der Waals surface area contributed by atoms with Crippen molar-refractivity contribution < 1.29 is 4.42 Å². The largest absolute Gasteiger partial charge is 0.456 e. The van der Waals surface area contributed by atoms with Crippen LogP contribution in [0.3, 0.4) is 0 Å². The Kier molecular flexibility index (Phi) is 13.0. The molecule has 10 aromatic rings. The predicted molar refractivity (Wildman–Crippen MR) is 379 cm³/mol. The van der Waals surface area contributed by atoms with E-state index >= 15 is 0 Å². The first-order valence-electron chi connectivity index (χ1n) is 32.6. The Morgan fingerprint density at radius 1 is 0.398 bits per heavy atom. The average molecular weight is 1160 g/mol. The minimum Gasteiger partial charge on any atom is -0.456 e. The van der Waals surface area contributed by atoms with Crippen LogP contribution in [-0.4, -0.2) is 12.3 Å². The topological polar surface area (TPSA) is 26.1 Å². The third-order valence-electron chi connectivity index (χ3n) is 21.0. The molecule has 5 nitrogen and oxygen atoms in total. The number of para-hydroxylation sites is 1. The van der Waals surface area contributed by atoms with E-state index in [9.17, 15) is 0 Å². The molecule has 2 atom stereocenters. The lowest BCUT2D eigenvalue weighted by atomic mass is 9.33. The van der Waals surface area contributed by atoms with E-state index in [4.69, 9.17) is 4.42 Å². The maximum Gasteiger partial charge on any atom is 0.252 e. The van der Waals surface area contributed by atoms with Crippen LogP contribution >= 0.6 is 0 Å². The van der Waals surface area contributed by atoms with E-state index in [0.717, 1.165) is 80.3 Å². The molecule has 1 saturated carbocycles. The zero-order valence-electron chi connectivity index (χ0n) is 55.4. The molecule has 0 spiro atoms. The van der Waals surface area contributed by atoms with Crippen LogP contribution in [0.1, 0.15) is 177 Å². The fourth-order valence-electron chi connectivity index (χ4n) is 15.5. The van der Waals surface area contributed by atoms with E-state index < -0.39 is 0 Å². The molecule has 0 N–H and O–H groups in total. The van der Waals surface area contributed by atoms with Gasteiger partial charge in [0.2, 0.25) is 0 Å². The van der Waals surface area contributed by atoms with Crippen molar-refractivity contribution in [1.29, 1.82) is 0 Å². The molecule has 14 rings (SSSR count). The highest BCUT2D eigenvalue weighted by atomic mass is 16.3. The van der Waals surface area contributed by atoms with E-state index in [1.807, 2.05) is 0 Å². The summed E-state index contributed by atoms with van der Waals surface area (Å²) in [5.74, 6) is 0. The number of hydrogen-bond donors (Lipinski definition) is 0. The van der Waals surface area contributed by atoms with Gasteiger partial charge in [-0.1, -0.05) is 209 Å². The quantitative estimate of drug-likeness (QED) is 0.148. The van der Waals surface area contributed by atoms with Crippen LogP contribution in [0.4, 0.5) is 62.6 Å². The second kappa shape index (κ2) is 19.8. The van der Waals surface area contributed by atoms with E-state index in [2.05, 4.69) is 319 Å².